The fraction of sp³-hybridized carbons (Fsp3) is 1.00. The van der Waals surface area contributed by atoms with Crippen LogP contribution in [-0.2, 0) is 4.74 Å². The van der Waals surface area contributed by atoms with Gasteiger partial charge in [0.2, 0.25) is 0 Å². The number of aliphatic hydroxyl groups excluding tert-OH is 1. The number of ether oxygens (including phenoxy) is 1. The molecule has 3 nitrogen and oxygen atoms in total. The van der Waals surface area contributed by atoms with Gasteiger partial charge in [-0.15, -0.1) is 0 Å². The average Bonchev–Trinajstić information content (AvgIpc) is 2.27. The zero-order valence-corrected chi connectivity index (χ0v) is 9.95. The summed E-state index contributed by atoms with van der Waals surface area (Å²) in [7, 11) is 1.79. The highest BCUT2D eigenvalue weighted by molar-refractivity contribution is 4.71. The van der Waals surface area contributed by atoms with Gasteiger partial charge in [-0.2, -0.15) is 0 Å². The van der Waals surface area contributed by atoms with E-state index in [4.69, 9.17) is 9.84 Å². The Kier molecular flexibility index (Phi) is 6.98. The smallest absolute Gasteiger partial charge is 0.0491 e. The second-order valence-corrected chi connectivity index (χ2v) is 4.52. The van der Waals surface area contributed by atoms with Gasteiger partial charge in [0.25, 0.3) is 0 Å². The van der Waals surface area contributed by atoms with Crippen molar-refractivity contribution in [2.75, 3.05) is 40.0 Å². The van der Waals surface area contributed by atoms with Crippen molar-refractivity contribution in [3.8, 4) is 0 Å². The van der Waals surface area contributed by atoms with E-state index in [1.807, 2.05) is 0 Å². The van der Waals surface area contributed by atoms with Gasteiger partial charge in [0.05, 0.1) is 0 Å². The molecule has 0 aromatic carbocycles. The molecular formula is C12H25NO2. The van der Waals surface area contributed by atoms with E-state index in [9.17, 15) is 0 Å². The van der Waals surface area contributed by atoms with Crippen molar-refractivity contribution >= 4 is 0 Å². The Morgan fingerprint density at radius 2 is 1.93 bits per heavy atom. The van der Waals surface area contributed by atoms with E-state index < -0.39 is 0 Å². The number of likely N-dealkylation sites (tertiary alicyclic amines) is 1. The minimum Gasteiger partial charge on any atom is -0.396 e. The molecule has 1 N–H and O–H groups in total. The monoisotopic (exact) mass is 215 g/mol. The lowest BCUT2D eigenvalue weighted by Crippen LogP contribution is -2.35. The van der Waals surface area contributed by atoms with Gasteiger partial charge < -0.3 is 14.7 Å². The van der Waals surface area contributed by atoms with E-state index in [1.165, 1.54) is 38.9 Å². The first-order valence-electron chi connectivity index (χ1n) is 6.19. The number of methoxy groups -OCH3 is 1. The van der Waals surface area contributed by atoms with Crippen LogP contribution in [0.5, 0.6) is 0 Å². The molecule has 0 amide bonds. The molecule has 0 spiro atoms. The van der Waals surface area contributed by atoms with E-state index >= 15 is 0 Å². The topological polar surface area (TPSA) is 32.7 Å². The van der Waals surface area contributed by atoms with Gasteiger partial charge in [-0.1, -0.05) is 0 Å². The molecule has 0 unspecified atom stereocenters. The Bertz CT molecular complexity index is 142. The van der Waals surface area contributed by atoms with Crippen molar-refractivity contribution in [2.45, 2.75) is 32.1 Å². The lowest BCUT2D eigenvalue weighted by atomic mass is 9.97. The maximum Gasteiger partial charge on any atom is 0.0491 e. The Morgan fingerprint density at radius 1 is 1.20 bits per heavy atom. The molecule has 0 aromatic rings. The molecule has 0 atom stereocenters. The second-order valence-electron chi connectivity index (χ2n) is 4.52. The molecular weight excluding hydrogens is 190 g/mol. The van der Waals surface area contributed by atoms with Crippen LogP contribution < -0.4 is 0 Å². The molecule has 0 aromatic heterocycles. The van der Waals surface area contributed by atoms with Crippen LogP contribution in [0.2, 0.25) is 0 Å². The van der Waals surface area contributed by atoms with Crippen LogP contribution in [0.3, 0.4) is 0 Å². The first-order valence-corrected chi connectivity index (χ1v) is 6.19. The predicted octanol–water partition coefficient (Wildman–Crippen LogP) is 1.51. The predicted molar refractivity (Wildman–Crippen MR) is 62.0 cm³/mol. The summed E-state index contributed by atoms with van der Waals surface area (Å²) in [5.41, 5.74) is 0. The Morgan fingerprint density at radius 3 is 2.53 bits per heavy atom. The summed E-state index contributed by atoms with van der Waals surface area (Å²) in [5.74, 6) is 0.781. The largest absolute Gasteiger partial charge is 0.396 e. The van der Waals surface area contributed by atoms with E-state index in [1.54, 1.807) is 7.11 Å². The van der Waals surface area contributed by atoms with Crippen LogP contribution in [0, 0.1) is 5.92 Å². The van der Waals surface area contributed by atoms with E-state index in [-0.39, 0.29) is 0 Å². The van der Waals surface area contributed by atoms with Crippen molar-refractivity contribution < 1.29 is 9.84 Å². The van der Waals surface area contributed by atoms with E-state index in [0.29, 0.717) is 6.61 Å². The molecule has 15 heavy (non-hydrogen) atoms. The van der Waals surface area contributed by atoms with E-state index in [0.717, 1.165) is 25.4 Å². The fourth-order valence-corrected chi connectivity index (χ4v) is 2.24. The molecule has 1 aliphatic heterocycles. The first-order chi connectivity index (χ1) is 7.36. The first kappa shape index (κ1) is 12.9. The van der Waals surface area contributed by atoms with Gasteiger partial charge in [-0.25, -0.2) is 0 Å². The van der Waals surface area contributed by atoms with Gasteiger partial charge in [0, 0.05) is 20.3 Å². The molecule has 0 radical (unpaired) electrons. The maximum atomic E-state index is 8.67. The van der Waals surface area contributed by atoms with Crippen LogP contribution in [0.25, 0.3) is 0 Å². The Hall–Kier alpha value is -0.120. The highest BCUT2D eigenvalue weighted by atomic mass is 16.5. The summed E-state index contributed by atoms with van der Waals surface area (Å²) >= 11 is 0. The van der Waals surface area contributed by atoms with Crippen molar-refractivity contribution in [1.82, 2.24) is 4.90 Å². The minimum atomic E-state index is 0.343. The van der Waals surface area contributed by atoms with Gasteiger partial charge >= 0.3 is 0 Å². The lowest BCUT2D eigenvalue weighted by molar-refractivity contribution is 0.0986. The summed E-state index contributed by atoms with van der Waals surface area (Å²) in [6, 6.07) is 0. The third-order valence-electron chi connectivity index (χ3n) is 3.24. The normalized spacial score (nSPS) is 19.6. The Labute approximate surface area is 93.4 Å². The maximum absolute atomic E-state index is 8.67. The summed E-state index contributed by atoms with van der Waals surface area (Å²) in [6.07, 6.45) is 5.92. The molecule has 3 heteroatoms. The molecule has 0 saturated carbocycles. The number of hydrogen-bond acceptors (Lipinski definition) is 3. The minimum absolute atomic E-state index is 0.343. The van der Waals surface area contributed by atoms with Crippen LogP contribution in [0.15, 0.2) is 0 Å². The molecule has 1 fully saturated rings. The van der Waals surface area contributed by atoms with Gasteiger partial charge in [0.15, 0.2) is 0 Å². The molecule has 1 saturated heterocycles. The van der Waals surface area contributed by atoms with Gasteiger partial charge in [-0.05, 0) is 57.7 Å². The van der Waals surface area contributed by atoms with Gasteiger partial charge in [0.1, 0.15) is 0 Å². The standard InChI is InChI=1S/C12H25NO2/c1-15-11-12-5-8-13(9-6-12)7-3-2-4-10-14/h12,14H,2-11H2,1H3. The fourth-order valence-electron chi connectivity index (χ4n) is 2.24. The molecule has 90 valence electrons. The SMILES string of the molecule is COCC1CCN(CCCCCO)CC1. The van der Waals surface area contributed by atoms with Crippen LogP contribution in [0.1, 0.15) is 32.1 Å². The highest BCUT2D eigenvalue weighted by Crippen LogP contribution is 2.17. The lowest BCUT2D eigenvalue weighted by Gasteiger charge is -2.31. The average molecular weight is 215 g/mol. The quantitative estimate of drug-likeness (QED) is 0.653. The summed E-state index contributed by atoms with van der Waals surface area (Å²) in [4.78, 5) is 2.55. The van der Waals surface area contributed by atoms with Crippen molar-refractivity contribution in [3.05, 3.63) is 0 Å². The molecule has 0 aliphatic carbocycles. The summed E-state index contributed by atoms with van der Waals surface area (Å²) in [5, 5.41) is 8.67. The third kappa shape index (κ3) is 5.50. The molecule has 0 bridgehead atoms. The number of unbranched alkanes of at least 4 members (excludes halogenated alkanes) is 2. The second kappa shape index (κ2) is 8.08. The molecule has 1 heterocycles. The summed E-state index contributed by atoms with van der Waals surface area (Å²) < 4.78 is 5.18. The Balaban J connectivity index is 1.99. The molecule has 1 rings (SSSR count). The third-order valence-corrected chi connectivity index (χ3v) is 3.24. The van der Waals surface area contributed by atoms with Crippen LogP contribution in [0.4, 0.5) is 0 Å². The van der Waals surface area contributed by atoms with Crippen molar-refractivity contribution in [1.29, 1.82) is 0 Å². The zero-order chi connectivity index (χ0) is 10.9. The zero-order valence-electron chi connectivity index (χ0n) is 9.95. The van der Waals surface area contributed by atoms with E-state index in [2.05, 4.69) is 4.90 Å². The van der Waals surface area contributed by atoms with Crippen molar-refractivity contribution in [2.24, 2.45) is 5.92 Å². The van der Waals surface area contributed by atoms with Crippen molar-refractivity contribution in [3.63, 3.8) is 0 Å². The number of piperidine rings is 1. The van der Waals surface area contributed by atoms with Crippen LogP contribution >= 0.6 is 0 Å². The number of nitrogens with zero attached hydrogens (tertiary/aromatic N) is 1. The number of rotatable bonds is 7. The highest BCUT2D eigenvalue weighted by Gasteiger charge is 2.18. The summed E-state index contributed by atoms with van der Waals surface area (Å²) in [6.45, 7) is 4.94. The van der Waals surface area contributed by atoms with Crippen LogP contribution in [-0.4, -0.2) is 50.0 Å². The molecule has 1 aliphatic rings. The number of hydrogen-bond donors (Lipinski definition) is 1. The van der Waals surface area contributed by atoms with Gasteiger partial charge in [-0.3, -0.25) is 0 Å². The number of aliphatic hydroxyl groups is 1.